The fourth-order valence-corrected chi connectivity index (χ4v) is 4.31. The van der Waals surface area contributed by atoms with Gasteiger partial charge in [-0.2, -0.15) is 5.10 Å². The number of hydrogen-bond acceptors (Lipinski definition) is 5. The molecule has 0 unspecified atom stereocenters. The van der Waals surface area contributed by atoms with E-state index < -0.39 is 0 Å². The average molecular weight is 526 g/mol. The van der Waals surface area contributed by atoms with Crippen LogP contribution in [-0.2, 0) is 6.42 Å². The van der Waals surface area contributed by atoms with Gasteiger partial charge in [-0.15, -0.1) is 10.2 Å². The fourth-order valence-electron chi connectivity index (χ4n) is 3.70. The molecule has 3 aromatic carbocycles. The van der Waals surface area contributed by atoms with Crippen LogP contribution in [0.15, 0.2) is 77.2 Å². The number of ether oxygens (including phenoxy) is 1. The van der Waals surface area contributed by atoms with Gasteiger partial charge in [0.25, 0.3) is 5.89 Å². The van der Waals surface area contributed by atoms with Crippen molar-refractivity contribution in [1.29, 1.82) is 0 Å². The molecule has 9 heteroatoms. The number of rotatable bonds is 7. The lowest BCUT2D eigenvalue weighted by atomic mass is 10.1. The first-order valence-electron chi connectivity index (χ1n) is 10.8. The Hall–Kier alpha value is -3.32. The van der Waals surface area contributed by atoms with Crippen LogP contribution in [0.25, 0.3) is 28.5 Å². The molecule has 2 aromatic heterocycles. The third-order valence-corrected chi connectivity index (χ3v) is 6.16. The molecule has 6 nitrogen and oxygen atoms in total. The molecule has 0 bridgehead atoms. The van der Waals surface area contributed by atoms with E-state index in [0.717, 1.165) is 22.6 Å². The van der Waals surface area contributed by atoms with E-state index in [4.69, 9.17) is 49.1 Å². The zero-order chi connectivity index (χ0) is 24.4. The van der Waals surface area contributed by atoms with Crippen LogP contribution in [0, 0.1) is 6.92 Å². The molecule has 0 aliphatic rings. The molecule has 0 saturated heterocycles. The number of benzene rings is 3. The Morgan fingerprint density at radius 2 is 1.63 bits per heavy atom. The normalized spacial score (nSPS) is 11.1. The second-order valence-corrected chi connectivity index (χ2v) is 9.03. The Balaban J connectivity index is 1.49. The van der Waals surface area contributed by atoms with Crippen LogP contribution < -0.4 is 4.74 Å². The van der Waals surface area contributed by atoms with Crippen LogP contribution in [0.1, 0.15) is 11.5 Å². The maximum absolute atomic E-state index is 6.54. The van der Waals surface area contributed by atoms with E-state index in [1.54, 1.807) is 16.8 Å². The van der Waals surface area contributed by atoms with Gasteiger partial charge in [-0.05, 0) is 49.4 Å². The number of nitrogens with zero attached hydrogens (tertiary/aromatic N) is 4. The molecular formula is C26H19Cl3N4O2. The quantitative estimate of drug-likeness (QED) is 0.220. The molecule has 176 valence electrons. The predicted octanol–water partition coefficient (Wildman–Crippen LogP) is 7.48. The first-order valence-corrected chi connectivity index (χ1v) is 11.9. The van der Waals surface area contributed by atoms with Crippen molar-refractivity contribution in [1.82, 2.24) is 20.0 Å². The van der Waals surface area contributed by atoms with Crippen LogP contribution in [0.4, 0.5) is 0 Å². The molecule has 0 aliphatic heterocycles. The molecule has 0 aliphatic carbocycles. The van der Waals surface area contributed by atoms with Crippen LogP contribution in [0.3, 0.4) is 0 Å². The van der Waals surface area contributed by atoms with Gasteiger partial charge in [0.05, 0.1) is 29.4 Å². The van der Waals surface area contributed by atoms with Crippen LogP contribution in [-0.4, -0.2) is 26.6 Å². The maximum atomic E-state index is 6.54. The molecule has 5 rings (SSSR count). The number of halogens is 3. The van der Waals surface area contributed by atoms with Gasteiger partial charge < -0.3 is 9.15 Å². The standard InChI is InChI=1S/C26H19Cl3N4O2/c1-16-24(26-31-30-23(35-26)13-14-34-20-5-3-2-4-6-20)32-33(22-12-11-19(28)15-21(22)29)25(16)17-7-9-18(27)10-8-17/h2-12,15H,13-14H2,1H3. The largest absolute Gasteiger partial charge is 0.493 e. The summed E-state index contributed by atoms with van der Waals surface area (Å²) in [5, 5.41) is 14.9. The first kappa shape index (κ1) is 23.4. The van der Waals surface area contributed by atoms with Crippen molar-refractivity contribution < 1.29 is 9.15 Å². The molecule has 0 fully saturated rings. The summed E-state index contributed by atoms with van der Waals surface area (Å²) in [6.45, 7) is 2.37. The van der Waals surface area contributed by atoms with Crippen LogP contribution >= 0.6 is 34.8 Å². The lowest BCUT2D eigenvalue weighted by Gasteiger charge is -2.11. The van der Waals surface area contributed by atoms with Crippen molar-refractivity contribution in [3.63, 3.8) is 0 Å². The van der Waals surface area contributed by atoms with Gasteiger partial charge in [0.2, 0.25) is 5.89 Å². The third-order valence-electron chi connectivity index (χ3n) is 5.38. The molecule has 0 amide bonds. The van der Waals surface area contributed by atoms with Gasteiger partial charge in [-0.1, -0.05) is 65.1 Å². The molecular weight excluding hydrogens is 507 g/mol. The Kier molecular flexibility index (Phi) is 6.77. The number of aromatic nitrogens is 4. The summed E-state index contributed by atoms with van der Waals surface area (Å²) >= 11 is 18.8. The topological polar surface area (TPSA) is 66.0 Å². The maximum Gasteiger partial charge on any atom is 0.268 e. The molecule has 0 spiro atoms. The Labute approximate surface area is 217 Å². The highest BCUT2D eigenvalue weighted by Crippen LogP contribution is 2.36. The molecule has 2 heterocycles. The van der Waals surface area contributed by atoms with Crippen molar-refractivity contribution in [3.8, 4) is 34.3 Å². The summed E-state index contributed by atoms with van der Waals surface area (Å²) < 4.78 is 13.4. The highest BCUT2D eigenvalue weighted by Gasteiger charge is 2.23. The fraction of sp³-hybridized carbons (Fsp3) is 0.115. The SMILES string of the molecule is Cc1c(-c2nnc(CCOc3ccccc3)o2)nn(-c2ccc(Cl)cc2Cl)c1-c1ccc(Cl)cc1. The van der Waals surface area contributed by atoms with E-state index >= 15 is 0 Å². The Morgan fingerprint density at radius 1 is 0.886 bits per heavy atom. The summed E-state index contributed by atoms with van der Waals surface area (Å²) in [4.78, 5) is 0. The minimum Gasteiger partial charge on any atom is -0.493 e. The lowest BCUT2D eigenvalue weighted by Crippen LogP contribution is -2.01. The van der Waals surface area contributed by atoms with Crippen molar-refractivity contribution in [2.45, 2.75) is 13.3 Å². The van der Waals surface area contributed by atoms with Gasteiger partial charge in [0.15, 0.2) is 5.69 Å². The highest BCUT2D eigenvalue weighted by molar-refractivity contribution is 6.35. The number of hydrogen-bond donors (Lipinski definition) is 0. The van der Waals surface area contributed by atoms with E-state index in [2.05, 4.69) is 10.2 Å². The summed E-state index contributed by atoms with van der Waals surface area (Å²) in [5.41, 5.74) is 3.82. The van der Waals surface area contributed by atoms with E-state index in [0.29, 0.717) is 51.3 Å². The van der Waals surface area contributed by atoms with Gasteiger partial charge in [0, 0.05) is 21.2 Å². The second kappa shape index (κ2) is 10.1. The van der Waals surface area contributed by atoms with E-state index in [9.17, 15) is 0 Å². The third kappa shape index (κ3) is 5.05. The zero-order valence-electron chi connectivity index (χ0n) is 18.6. The van der Waals surface area contributed by atoms with E-state index in [1.165, 1.54) is 0 Å². The predicted molar refractivity (Wildman–Crippen MR) is 138 cm³/mol. The summed E-state index contributed by atoms with van der Waals surface area (Å²) in [6.07, 6.45) is 0.467. The highest BCUT2D eigenvalue weighted by atomic mass is 35.5. The van der Waals surface area contributed by atoms with Crippen molar-refractivity contribution in [2.24, 2.45) is 0 Å². The summed E-state index contributed by atoms with van der Waals surface area (Å²) in [6, 6.07) is 22.4. The monoisotopic (exact) mass is 524 g/mol. The van der Waals surface area contributed by atoms with Gasteiger partial charge in [0.1, 0.15) is 5.75 Å². The molecule has 0 saturated carbocycles. The van der Waals surface area contributed by atoms with Gasteiger partial charge in [-0.3, -0.25) is 0 Å². The molecule has 0 atom stereocenters. The average Bonchev–Trinajstić information content (AvgIpc) is 3.45. The van der Waals surface area contributed by atoms with Crippen molar-refractivity contribution in [2.75, 3.05) is 6.61 Å². The minimum atomic E-state index is 0.316. The van der Waals surface area contributed by atoms with Gasteiger partial charge >= 0.3 is 0 Å². The number of para-hydroxylation sites is 1. The van der Waals surface area contributed by atoms with E-state index in [1.807, 2.05) is 67.6 Å². The molecule has 0 radical (unpaired) electrons. The summed E-state index contributed by atoms with van der Waals surface area (Å²) in [7, 11) is 0. The van der Waals surface area contributed by atoms with E-state index in [-0.39, 0.29) is 0 Å². The Bertz CT molecular complexity index is 1460. The van der Waals surface area contributed by atoms with Crippen molar-refractivity contribution >= 4 is 34.8 Å². The molecule has 35 heavy (non-hydrogen) atoms. The lowest BCUT2D eigenvalue weighted by molar-refractivity contribution is 0.307. The Morgan fingerprint density at radius 3 is 2.37 bits per heavy atom. The molecule has 5 aromatic rings. The van der Waals surface area contributed by atoms with Crippen LogP contribution in [0.5, 0.6) is 5.75 Å². The van der Waals surface area contributed by atoms with Gasteiger partial charge in [-0.25, -0.2) is 4.68 Å². The van der Waals surface area contributed by atoms with Crippen LogP contribution in [0.2, 0.25) is 15.1 Å². The zero-order valence-corrected chi connectivity index (χ0v) is 20.8. The minimum absolute atomic E-state index is 0.316. The smallest absolute Gasteiger partial charge is 0.268 e. The summed E-state index contributed by atoms with van der Waals surface area (Å²) in [5.74, 6) is 1.56. The second-order valence-electron chi connectivity index (χ2n) is 7.75. The first-order chi connectivity index (χ1) is 17.0. The van der Waals surface area contributed by atoms with Crippen molar-refractivity contribution in [3.05, 3.63) is 99.3 Å². The molecule has 0 N–H and O–H groups in total.